The molecule has 5 nitrogen and oxygen atoms in total. The number of aromatic nitrogens is 2. The molecule has 2 heterocycles. The molecule has 40 heavy (non-hydrogen) atoms. The minimum atomic E-state index is -0.291. The van der Waals surface area contributed by atoms with E-state index in [4.69, 9.17) is 9.40 Å². The molecule has 1 aliphatic rings. The second-order valence-electron chi connectivity index (χ2n) is 9.97. The van der Waals surface area contributed by atoms with Crippen molar-refractivity contribution < 1.29 is 14.0 Å². The van der Waals surface area contributed by atoms with Crippen LogP contribution in [0, 0.1) is 0 Å². The number of carbonyl (C=O) groups excluding carboxylic acids is 2. The molecule has 188 valence electrons. The highest BCUT2D eigenvalue weighted by atomic mass is 16.3. The molecule has 0 radical (unpaired) electrons. The zero-order valence-electron chi connectivity index (χ0n) is 21.2. The third-order valence-electron chi connectivity index (χ3n) is 7.57. The number of Topliss-reactive ketones (excluding diaryl/α,β-unsaturated/α-hetero) is 2. The van der Waals surface area contributed by atoms with Gasteiger partial charge < -0.3 is 4.42 Å². The fraction of sp³-hybridized carbons (Fsp3) is 0. The molecule has 1 aliphatic carbocycles. The minimum Gasteiger partial charge on any atom is -0.436 e. The molecule has 0 bridgehead atoms. The second-order valence-corrected chi connectivity index (χ2v) is 9.97. The smallest absolute Gasteiger partial charge is 0.246 e. The third-order valence-corrected chi connectivity index (χ3v) is 7.57. The van der Waals surface area contributed by atoms with E-state index in [2.05, 4.69) is 24.3 Å². The van der Waals surface area contributed by atoms with Gasteiger partial charge in [-0.2, -0.15) is 4.98 Å². The fourth-order valence-corrected chi connectivity index (χ4v) is 5.59. The van der Waals surface area contributed by atoms with E-state index in [1.807, 2.05) is 83.4 Å². The number of hydrogen-bond donors (Lipinski definition) is 0. The Morgan fingerprint density at radius 1 is 0.625 bits per heavy atom. The molecule has 0 aliphatic heterocycles. The maximum atomic E-state index is 13.5. The number of allylic oxidation sites excluding steroid dienone is 1. The molecule has 0 saturated heterocycles. The molecule has 8 rings (SSSR count). The van der Waals surface area contributed by atoms with Crippen molar-refractivity contribution in [3.8, 4) is 17.0 Å². The topological polar surface area (TPSA) is 65.1 Å². The van der Waals surface area contributed by atoms with Crippen LogP contribution in [-0.4, -0.2) is 21.1 Å². The summed E-state index contributed by atoms with van der Waals surface area (Å²) in [6.07, 6.45) is 1.60. The van der Waals surface area contributed by atoms with Crippen LogP contribution in [0.5, 0.6) is 0 Å². The summed E-state index contributed by atoms with van der Waals surface area (Å²) in [5, 5.41) is 4.03. The van der Waals surface area contributed by atoms with Gasteiger partial charge in [0, 0.05) is 28.4 Å². The summed E-state index contributed by atoms with van der Waals surface area (Å²) in [5.74, 6) is 0.567. The van der Waals surface area contributed by atoms with E-state index < -0.39 is 0 Å². The molecule has 0 N–H and O–H groups in total. The zero-order valence-corrected chi connectivity index (χ0v) is 21.2. The lowest BCUT2D eigenvalue weighted by atomic mass is 10.0. The Labute approximate surface area is 228 Å². The first-order valence-corrected chi connectivity index (χ1v) is 13.0. The van der Waals surface area contributed by atoms with E-state index in [1.165, 1.54) is 0 Å². The van der Waals surface area contributed by atoms with Gasteiger partial charge >= 0.3 is 0 Å². The van der Waals surface area contributed by atoms with Crippen molar-refractivity contribution >= 4 is 50.4 Å². The molecule has 0 amide bonds. The Morgan fingerprint density at radius 3 is 1.90 bits per heavy atom. The van der Waals surface area contributed by atoms with E-state index in [0.29, 0.717) is 28.4 Å². The lowest BCUT2D eigenvalue weighted by Crippen LogP contribution is -2.03. The van der Waals surface area contributed by atoms with Crippen molar-refractivity contribution in [2.75, 3.05) is 0 Å². The summed E-state index contributed by atoms with van der Waals surface area (Å²) in [6.45, 7) is 0. The van der Waals surface area contributed by atoms with E-state index in [1.54, 1.807) is 18.2 Å². The van der Waals surface area contributed by atoms with Gasteiger partial charge in [0.1, 0.15) is 17.1 Å². The zero-order chi connectivity index (χ0) is 26.8. The summed E-state index contributed by atoms with van der Waals surface area (Å²) in [4.78, 5) is 31.8. The van der Waals surface area contributed by atoms with E-state index >= 15 is 0 Å². The largest absolute Gasteiger partial charge is 0.436 e. The van der Waals surface area contributed by atoms with E-state index in [9.17, 15) is 9.59 Å². The van der Waals surface area contributed by atoms with E-state index in [-0.39, 0.29) is 17.1 Å². The highest BCUT2D eigenvalue weighted by molar-refractivity contribution is 6.42. The van der Waals surface area contributed by atoms with Crippen molar-refractivity contribution in [2.45, 2.75) is 0 Å². The SMILES string of the molecule is O=C1C(=Cc2nc3oc(-c4ccccc4)cc3n2-c2ccc3ccccc3c2)C(=O)c2cc3ccccc3cc21. The van der Waals surface area contributed by atoms with Crippen molar-refractivity contribution in [3.05, 3.63) is 138 Å². The quantitative estimate of drug-likeness (QED) is 0.176. The number of ketones is 2. The van der Waals surface area contributed by atoms with Crippen LogP contribution < -0.4 is 0 Å². The first kappa shape index (κ1) is 22.4. The van der Waals surface area contributed by atoms with Crippen molar-refractivity contribution in [2.24, 2.45) is 0 Å². The summed E-state index contributed by atoms with van der Waals surface area (Å²) in [7, 11) is 0. The summed E-state index contributed by atoms with van der Waals surface area (Å²) >= 11 is 0. The third kappa shape index (κ3) is 3.38. The van der Waals surface area contributed by atoms with Crippen molar-refractivity contribution in [1.29, 1.82) is 0 Å². The molecule has 0 fully saturated rings. The fourth-order valence-electron chi connectivity index (χ4n) is 5.59. The number of imidazole rings is 1. The Morgan fingerprint density at radius 2 is 1.23 bits per heavy atom. The van der Waals surface area contributed by atoms with Gasteiger partial charge in [-0.3, -0.25) is 14.2 Å². The van der Waals surface area contributed by atoms with Crippen molar-refractivity contribution in [3.63, 3.8) is 0 Å². The van der Waals surface area contributed by atoms with Gasteiger partial charge in [-0.25, -0.2) is 0 Å². The maximum Gasteiger partial charge on any atom is 0.246 e. The van der Waals surface area contributed by atoms with Crippen LogP contribution in [0.3, 0.4) is 0 Å². The number of rotatable bonds is 3. The number of furan rings is 1. The first-order valence-electron chi connectivity index (χ1n) is 13.0. The van der Waals surface area contributed by atoms with Gasteiger partial charge in [0.15, 0.2) is 11.6 Å². The Balaban J connectivity index is 1.33. The number of hydrogen-bond acceptors (Lipinski definition) is 4. The molecule has 0 spiro atoms. The van der Waals surface area contributed by atoms with Crippen LogP contribution in [0.25, 0.3) is 55.9 Å². The van der Waals surface area contributed by atoms with Gasteiger partial charge in [-0.05, 0) is 51.9 Å². The van der Waals surface area contributed by atoms with Gasteiger partial charge in [0.2, 0.25) is 5.71 Å². The highest BCUT2D eigenvalue weighted by Crippen LogP contribution is 2.35. The van der Waals surface area contributed by atoms with E-state index in [0.717, 1.165) is 38.3 Å². The lowest BCUT2D eigenvalue weighted by Gasteiger charge is -2.08. The summed E-state index contributed by atoms with van der Waals surface area (Å²) in [5.41, 5.74) is 3.93. The molecule has 5 heteroatoms. The monoisotopic (exact) mass is 516 g/mol. The van der Waals surface area contributed by atoms with Crippen LogP contribution in [0.1, 0.15) is 26.5 Å². The van der Waals surface area contributed by atoms with Gasteiger partial charge in [0.25, 0.3) is 0 Å². The molecule has 2 aromatic heterocycles. The van der Waals surface area contributed by atoms with Crippen LogP contribution in [0.4, 0.5) is 0 Å². The van der Waals surface area contributed by atoms with Crippen LogP contribution in [0.2, 0.25) is 0 Å². The molecule has 0 atom stereocenters. The van der Waals surface area contributed by atoms with Crippen LogP contribution in [0.15, 0.2) is 125 Å². The number of fused-ring (bicyclic) bond motifs is 4. The second kappa shape index (κ2) is 8.48. The molecule has 0 saturated carbocycles. The Bertz CT molecular complexity index is 2140. The lowest BCUT2D eigenvalue weighted by molar-refractivity contribution is 0.0990. The molecule has 7 aromatic rings. The average Bonchev–Trinajstić information content (AvgIpc) is 3.62. The van der Waals surface area contributed by atoms with Crippen molar-refractivity contribution in [1.82, 2.24) is 9.55 Å². The predicted molar refractivity (Wildman–Crippen MR) is 157 cm³/mol. The maximum absolute atomic E-state index is 13.5. The average molecular weight is 517 g/mol. The molecule has 0 unspecified atom stereocenters. The van der Waals surface area contributed by atoms with Gasteiger partial charge in [0.05, 0.1) is 5.57 Å². The first-order chi connectivity index (χ1) is 19.6. The van der Waals surface area contributed by atoms with Gasteiger partial charge in [-0.1, -0.05) is 84.9 Å². The standard InChI is InChI=1S/C35H20N2O3/c38-33-27-17-24-12-6-7-13-25(24)18-28(27)34(39)29(33)19-32-36-35-30(20-31(40-35)22-9-2-1-3-10-22)37(32)26-15-14-21-8-4-5-11-23(21)16-26/h1-20H. The molecular formula is C35H20N2O3. The highest BCUT2D eigenvalue weighted by Gasteiger charge is 2.34. The summed E-state index contributed by atoms with van der Waals surface area (Å²) < 4.78 is 8.13. The number of nitrogens with zero attached hydrogens (tertiary/aromatic N) is 2. The minimum absolute atomic E-state index is 0.100. The Kier molecular flexibility index (Phi) is 4.76. The predicted octanol–water partition coefficient (Wildman–Crippen LogP) is 8.05. The number of carbonyl (C=O) groups is 2. The normalized spacial score (nSPS) is 13.1. The molecule has 5 aromatic carbocycles. The van der Waals surface area contributed by atoms with Gasteiger partial charge in [-0.15, -0.1) is 0 Å². The number of benzene rings is 5. The molecular weight excluding hydrogens is 496 g/mol. The summed E-state index contributed by atoms with van der Waals surface area (Å²) in [6, 6.07) is 37.4. The van der Waals surface area contributed by atoms with Crippen LogP contribution >= 0.6 is 0 Å². The Hall–Kier alpha value is -5.55. The van der Waals surface area contributed by atoms with Crippen LogP contribution in [-0.2, 0) is 0 Å².